The first-order valence-corrected chi connectivity index (χ1v) is 7.77. The molecule has 1 fully saturated rings. The molecule has 0 spiro atoms. The third-order valence-electron chi connectivity index (χ3n) is 3.44. The second kappa shape index (κ2) is 10.3. The molecule has 0 radical (unpaired) electrons. The van der Waals surface area contributed by atoms with Gasteiger partial charge in [-0.2, -0.15) is 0 Å². The van der Waals surface area contributed by atoms with E-state index in [-0.39, 0.29) is 36.9 Å². The van der Waals surface area contributed by atoms with Crippen molar-refractivity contribution in [1.29, 1.82) is 0 Å². The minimum absolute atomic E-state index is 0. The summed E-state index contributed by atoms with van der Waals surface area (Å²) in [5, 5.41) is 12.0. The van der Waals surface area contributed by atoms with Gasteiger partial charge in [0.1, 0.15) is 0 Å². The van der Waals surface area contributed by atoms with Gasteiger partial charge >= 0.3 is 6.03 Å². The molecular formula is C15H22Cl2N4O2. The minimum atomic E-state index is -0.369. The van der Waals surface area contributed by atoms with Crippen molar-refractivity contribution >= 4 is 35.9 Å². The van der Waals surface area contributed by atoms with Crippen LogP contribution < -0.4 is 21.3 Å². The molecule has 128 valence electrons. The summed E-state index contributed by atoms with van der Waals surface area (Å²) in [5.41, 5.74) is 0.942. The van der Waals surface area contributed by atoms with Crippen LogP contribution in [-0.2, 0) is 11.3 Å². The van der Waals surface area contributed by atoms with Gasteiger partial charge in [-0.15, -0.1) is 12.4 Å². The lowest BCUT2D eigenvalue weighted by molar-refractivity contribution is -0.120. The fourth-order valence-electron chi connectivity index (χ4n) is 2.26. The maximum absolute atomic E-state index is 11.7. The Labute approximate surface area is 147 Å². The molecule has 0 bridgehead atoms. The maximum Gasteiger partial charge on any atom is 0.315 e. The van der Waals surface area contributed by atoms with Crippen LogP contribution in [0.1, 0.15) is 18.4 Å². The summed E-state index contributed by atoms with van der Waals surface area (Å²) in [6.07, 6.45) is 2.03. The molecule has 23 heavy (non-hydrogen) atoms. The molecule has 1 aromatic carbocycles. The number of hydrogen-bond donors (Lipinski definition) is 4. The Morgan fingerprint density at radius 3 is 2.61 bits per heavy atom. The Balaban J connectivity index is 0.00000264. The van der Waals surface area contributed by atoms with E-state index in [4.69, 9.17) is 11.6 Å². The van der Waals surface area contributed by atoms with Crippen LogP contribution in [0.3, 0.4) is 0 Å². The van der Waals surface area contributed by atoms with Crippen molar-refractivity contribution in [1.82, 2.24) is 21.3 Å². The smallest absolute Gasteiger partial charge is 0.315 e. The molecule has 1 saturated heterocycles. The Hall–Kier alpha value is -1.50. The number of carbonyl (C=O) groups excluding carboxylic acids is 2. The van der Waals surface area contributed by atoms with Gasteiger partial charge in [0.15, 0.2) is 0 Å². The van der Waals surface area contributed by atoms with Crippen molar-refractivity contribution in [2.24, 2.45) is 0 Å². The lowest BCUT2D eigenvalue weighted by Crippen LogP contribution is -2.49. The second-order valence-corrected chi connectivity index (χ2v) is 5.71. The highest BCUT2D eigenvalue weighted by Crippen LogP contribution is 2.08. The van der Waals surface area contributed by atoms with Crippen molar-refractivity contribution in [3.05, 3.63) is 34.9 Å². The molecule has 0 aliphatic carbocycles. The standard InChI is InChI=1S/C15H21ClN4O2.ClH/c16-12-5-3-11(4-6-12)8-18-15(22)19-10-14(21)20-13-2-1-7-17-9-13;/h3-6,13,17H,1-2,7-10H2,(H,20,21)(H2,18,19,22);1H. The van der Waals surface area contributed by atoms with Gasteiger partial charge in [-0.25, -0.2) is 4.79 Å². The lowest BCUT2D eigenvalue weighted by atomic mass is 10.1. The van der Waals surface area contributed by atoms with E-state index >= 15 is 0 Å². The zero-order valence-corrected chi connectivity index (χ0v) is 14.3. The minimum Gasteiger partial charge on any atom is -0.351 e. The fraction of sp³-hybridized carbons (Fsp3) is 0.467. The normalized spacial score (nSPS) is 16.8. The topological polar surface area (TPSA) is 82.3 Å². The predicted molar refractivity (Wildman–Crippen MR) is 93.0 cm³/mol. The van der Waals surface area contributed by atoms with Crippen molar-refractivity contribution in [3.8, 4) is 0 Å². The average molecular weight is 361 g/mol. The van der Waals surface area contributed by atoms with Gasteiger partial charge in [0.25, 0.3) is 0 Å². The zero-order chi connectivity index (χ0) is 15.8. The van der Waals surface area contributed by atoms with Gasteiger partial charge in [0, 0.05) is 24.2 Å². The number of halogens is 2. The van der Waals surface area contributed by atoms with Crippen molar-refractivity contribution in [2.45, 2.75) is 25.4 Å². The molecule has 2 rings (SSSR count). The molecule has 6 nitrogen and oxygen atoms in total. The van der Waals surface area contributed by atoms with Crippen LogP contribution in [0.2, 0.25) is 5.02 Å². The van der Waals surface area contributed by atoms with Crippen LogP contribution in [0, 0.1) is 0 Å². The molecule has 1 atom stereocenters. The number of urea groups is 1. The van der Waals surface area contributed by atoms with Crippen LogP contribution in [0.4, 0.5) is 4.79 Å². The number of rotatable bonds is 5. The van der Waals surface area contributed by atoms with Gasteiger partial charge < -0.3 is 21.3 Å². The van der Waals surface area contributed by atoms with E-state index in [2.05, 4.69) is 21.3 Å². The van der Waals surface area contributed by atoms with E-state index in [1.165, 1.54) is 0 Å². The molecule has 8 heteroatoms. The number of carbonyl (C=O) groups is 2. The quantitative estimate of drug-likeness (QED) is 0.640. The summed E-state index contributed by atoms with van der Waals surface area (Å²) in [5.74, 6) is -0.171. The van der Waals surface area contributed by atoms with E-state index < -0.39 is 0 Å². The van der Waals surface area contributed by atoms with Crippen molar-refractivity contribution in [3.63, 3.8) is 0 Å². The molecule has 1 aromatic rings. The third kappa shape index (κ3) is 7.54. The monoisotopic (exact) mass is 360 g/mol. The van der Waals surface area contributed by atoms with Crippen LogP contribution in [0.5, 0.6) is 0 Å². The molecule has 1 heterocycles. The highest BCUT2D eigenvalue weighted by atomic mass is 35.5. The third-order valence-corrected chi connectivity index (χ3v) is 3.69. The Morgan fingerprint density at radius 2 is 1.96 bits per heavy atom. The summed E-state index contributed by atoms with van der Waals surface area (Å²) in [7, 11) is 0. The Bertz CT molecular complexity index is 505. The highest BCUT2D eigenvalue weighted by Gasteiger charge is 2.15. The van der Waals surface area contributed by atoms with Crippen LogP contribution in [-0.4, -0.2) is 37.6 Å². The Morgan fingerprint density at radius 1 is 1.22 bits per heavy atom. The molecule has 0 aromatic heterocycles. The summed E-state index contributed by atoms with van der Waals surface area (Å²) < 4.78 is 0. The molecule has 1 aliphatic heterocycles. The Kier molecular flexibility index (Phi) is 8.76. The van der Waals surface area contributed by atoms with Crippen LogP contribution in [0.25, 0.3) is 0 Å². The number of amides is 3. The summed E-state index contributed by atoms with van der Waals surface area (Å²) >= 11 is 5.79. The highest BCUT2D eigenvalue weighted by molar-refractivity contribution is 6.30. The number of hydrogen-bond acceptors (Lipinski definition) is 3. The second-order valence-electron chi connectivity index (χ2n) is 5.27. The lowest BCUT2D eigenvalue weighted by Gasteiger charge is -2.23. The molecule has 0 saturated carbocycles. The molecule has 3 amide bonds. The molecular weight excluding hydrogens is 339 g/mol. The van der Waals surface area contributed by atoms with Gasteiger partial charge in [-0.3, -0.25) is 4.79 Å². The summed E-state index contributed by atoms with van der Waals surface area (Å²) in [6, 6.07) is 6.99. The van der Waals surface area contributed by atoms with E-state index in [0.29, 0.717) is 11.6 Å². The number of nitrogens with one attached hydrogen (secondary N) is 4. The summed E-state index contributed by atoms with van der Waals surface area (Å²) in [6.45, 7) is 2.15. The van der Waals surface area contributed by atoms with Gasteiger partial charge in [-0.1, -0.05) is 23.7 Å². The molecule has 4 N–H and O–H groups in total. The number of benzene rings is 1. The first-order chi connectivity index (χ1) is 10.6. The van der Waals surface area contributed by atoms with E-state index in [1.54, 1.807) is 12.1 Å². The largest absolute Gasteiger partial charge is 0.351 e. The first kappa shape index (κ1) is 19.5. The van der Waals surface area contributed by atoms with Crippen molar-refractivity contribution in [2.75, 3.05) is 19.6 Å². The molecule has 1 unspecified atom stereocenters. The maximum atomic E-state index is 11.7. The molecule has 1 aliphatic rings. The van der Waals surface area contributed by atoms with E-state index in [1.807, 2.05) is 12.1 Å². The average Bonchev–Trinajstić information content (AvgIpc) is 2.53. The first-order valence-electron chi connectivity index (χ1n) is 7.40. The summed E-state index contributed by atoms with van der Waals surface area (Å²) in [4.78, 5) is 23.4. The van der Waals surface area contributed by atoms with Gasteiger partial charge in [-0.05, 0) is 37.1 Å². The number of piperidine rings is 1. The van der Waals surface area contributed by atoms with Crippen molar-refractivity contribution < 1.29 is 9.59 Å². The SMILES string of the molecule is Cl.O=C(CNC(=O)NCc1ccc(Cl)cc1)NC1CCCNC1. The zero-order valence-electron chi connectivity index (χ0n) is 12.7. The van der Waals surface area contributed by atoms with Gasteiger partial charge in [0.2, 0.25) is 5.91 Å². The predicted octanol–water partition coefficient (Wildman–Crippen LogP) is 1.43. The van der Waals surface area contributed by atoms with E-state index in [9.17, 15) is 9.59 Å². The fourth-order valence-corrected chi connectivity index (χ4v) is 2.39. The van der Waals surface area contributed by atoms with Crippen LogP contribution >= 0.6 is 24.0 Å². The van der Waals surface area contributed by atoms with Crippen LogP contribution in [0.15, 0.2) is 24.3 Å². The van der Waals surface area contributed by atoms with Gasteiger partial charge in [0.05, 0.1) is 6.54 Å². The van der Waals surface area contributed by atoms with E-state index in [0.717, 1.165) is 31.5 Å².